The molecule has 0 aromatic heterocycles. The van der Waals surface area contributed by atoms with Crippen molar-refractivity contribution in [3.63, 3.8) is 0 Å². The van der Waals surface area contributed by atoms with Gasteiger partial charge in [0.25, 0.3) is 0 Å². The standard InChI is InChI=1S/C4H10B2N2O2/c9-5-7-1-2-8(6-10)4-3-7/h9-10H,1-4H2. The Labute approximate surface area is 62.0 Å². The van der Waals surface area contributed by atoms with Crippen molar-refractivity contribution in [3.05, 3.63) is 0 Å². The van der Waals surface area contributed by atoms with Crippen molar-refractivity contribution in [3.8, 4) is 0 Å². The lowest BCUT2D eigenvalue weighted by atomic mass is 10.1. The second-order valence-electron chi connectivity index (χ2n) is 2.30. The van der Waals surface area contributed by atoms with Crippen LogP contribution in [-0.4, -0.2) is 61.1 Å². The minimum Gasteiger partial charge on any atom is -0.440 e. The van der Waals surface area contributed by atoms with Crippen LogP contribution in [0.4, 0.5) is 0 Å². The highest BCUT2D eigenvalue weighted by molar-refractivity contribution is 6.22. The number of piperazine rings is 1. The zero-order valence-electron chi connectivity index (χ0n) is 5.77. The first-order chi connectivity index (χ1) is 4.86. The van der Waals surface area contributed by atoms with E-state index >= 15 is 0 Å². The molecule has 4 nitrogen and oxygen atoms in total. The molecule has 0 aliphatic carbocycles. The van der Waals surface area contributed by atoms with Gasteiger partial charge in [-0.05, 0) is 0 Å². The maximum absolute atomic E-state index is 8.56. The topological polar surface area (TPSA) is 46.9 Å². The Morgan fingerprint density at radius 1 is 0.800 bits per heavy atom. The van der Waals surface area contributed by atoms with Crippen LogP contribution in [-0.2, 0) is 0 Å². The molecule has 2 radical (unpaired) electrons. The molecule has 1 aliphatic heterocycles. The van der Waals surface area contributed by atoms with Gasteiger partial charge in [-0.2, -0.15) is 0 Å². The fourth-order valence-corrected chi connectivity index (χ4v) is 0.968. The molecule has 10 heavy (non-hydrogen) atoms. The summed E-state index contributed by atoms with van der Waals surface area (Å²) in [6.07, 6.45) is 0. The third-order valence-electron chi connectivity index (χ3n) is 1.68. The van der Waals surface area contributed by atoms with Crippen molar-refractivity contribution >= 4 is 15.2 Å². The number of hydrogen-bond acceptors (Lipinski definition) is 4. The fourth-order valence-electron chi connectivity index (χ4n) is 0.968. The zero-order valence-corrected chi connectivity index (χ0v) is 5.77. The molecule has 0 unspecified atom stereocenters. The summed E-state index contributed by atoms with van der Waals surface area (Å²) in [5.41, 5.74) is 0. The van der Waals surface area contributed by atoms with Crippen molar-refractivity contribution in [2.75, 3.05) is 26.2 Å². The summed E-state index contributed by atoms with van der Waals surface area (Å²) in [6.45, 7) is 3.09. The van der Waals surface area contributed by atoms with E-state index in [9.17, 15) is 0 Å². The molecule has 0 amide bonds. The van der Waals surface area contributed by atoms with Crippen molar-refractivity contribution in [2.45, 2.75) is 0 Å². The third kappa shape index (κ3) is 1.98. The van der Waals surface area contributed by atoms with E-state index < -0.39 is 0 Å². The van der Waals surface area contributed by atoms with Crippen molar-refractivity contribution in [2.24, 2.45) is 0 Å². The molecule has 0 aromatic rings. The molecule has 54 valence electrons. The lowest BCUT2D eigenvalue weighted by Crippen LogP contribution is -2.48. The van der Waals surface area contributed by atoms with Crippen LogP contribution < -0.4 is 0 Å². The number of hydrogen-bond donors (Lipinski definition) is 2. The molecule has 1 fully saturated rings. The summed E-state index contributed by atoms with van der Waals surface area (Å²) in [6, 6.07) is 0. The Balaban J connectivity index is 2.17. The summed E-state index contributed by atoms with van der Waals surface area (Å²) in [4.78, 5) is 3.61. The van der Waals surface area contributed by atoms with Crippen molar-refractivity contribution in [1.82, 2.24) is 9.62 Å². The molecule has 6 heteroatoms. The average molecular weight is 140 g/mol. The average Bonchev–Trinajstić information content (AvgIpc) is 2.05. The molecule has 1 rings (SSSR count). The largest absolute Gasteiger partial charge is 0.440 e. The van der Waals surface area contributed by atoms with Gasteiger partial charge in [-0.15, -0.1) is 0 Å². The van der Waals surface area contributed by atoms with Gasteiger partial charge in [-0.3, -0.25) is 0 Å². The van der Waals surface area contributed by atoms with E-state index in [4.69, 9.17) is 10.0 Å². The first-order valence-corrected chi connectivity index (χ1v) is 3.30. The Kier molecular flexibility index (Phi) is 3.21. The molecule has 0 spiro atoms. The minimum atomic E-state index is 0.771. The van der Waals surface area contributed by atoms with E-state index in [0.717, 1.165) is 41.4 Å². The summed E-state index contributed by atoms with van der Waals surface area (Å²) in [7, 11) is 2.18. The zero-order chi connectivity index (χ0) is 7.40. The highest BCUT2D eigenvalue weighted by Crippen LogP contribution is 1.95. The highest BCUT2D eigenvalue weighted by atomic mass is 16.2. The van der Waals surface area contributed by atoms with E-state index in [2.05, 4.69) is 0 Å². The van der Waals surface area contributed by atoms with Gasteiger partial charge in [0.15, 0.2) is 0 Å². The van der Waals surface area contributed by atoms with E-state index in [1.165, 1.54) is 0 Å². The van der Waals surface area contributed by atoms with Crippen LogP contribution in [0.25, 0.3) is 0 Å². The van der Waals surface area contributed by atoms with Crippen LogP contribution in [0, 0.1) is 0 Å². The van der Waals surface area contributed by atoms with Gasteiger partial charge in [-0.25, -0.2) is 0 Å². The molecular formula is C4H10B2N2O2. The molecule has 0 aromatic carbocycles. The van der Waals surface area contributed by atoms with Crippen LogP contribution in [0.3, 0.4) is 0 Å². The first kappa shape index (κ1) is 8.07. The Morgan fingerprint density at radius 3 is 1.30 bits per heavy atom. The minimum absolute atomic E-state index is 0.771. The van der Waals surface area contributed by atoms with Gasteiger partial charge < -0.3 is 19.7 Å². The second-order valence-corrected chi connectivity index (χ2v) is 2.30. The van der Waals surface area contributed by atoms with Gasteiger partial charge in [0.05, 0.1) is 0 Å². The van der Waals surface area contributed by atoms with Gasteiger partial charge in [0.1, 0.15) is 0 Å². The predicted octanol–water partition coefficient (Wildman–Crippen LogP) is -2.34. The number of rotatable bonds is 2. The Morgan fingerprint density at radius 2 is 1.10 bits per heavy atom. The quantitative estimate of drug-likeness (QED) is 0.421. The molecule has 0 saturated carbocycles. The lowest BCUT2D eigenvalue weighted by molar-refractivity contribution is 0.248. The first-order valence-electron chi connectivity index (χ1n) is 3.30. The molecule has 2 N–H and O–H groups in total. The van der Waals surface area contributed by atoms with Crippen LogP contribution in [0.2, 0.25) is 0 Å². The summed E-state index contributed by atoms with van der Waals surface area (Å²) < 4.78 is 0. The van der Waals surface area contributed by atoms with Gasteiger partial charge >= 0.3 is 15.2 Å². The molecule has 0 atom stereocenters. The van der Waals surface area contributed by atoms with Crippen LogP contribution in [0.15, 0.2) is 0 Å². The van der Waals surface area contributed by atoms with Crippen molar-refractivity contribution < 1.29 is 10.0 Å². The van der Waals surface area contributed by atoms with Gasteiger partial charge in [0, 0.05) is 26.2 Å². The maximum Gasteiger partial charge on any atom is 0.396 e. The Hall–Kier alpha value is -0.0301. The summed E-state index contributed by atoms with van der Waals surface area (Å²) in [5.74, 6) is 0. The van der Waals surface area contributed by atoms with Crippen LogP contribution in [0.5, 0.6) is 0 Å². The Bertz CT molecular complexity index is 85.3. The predicted molar refractivity (Wildman–Crippen MR) is 39.1 cm³/mol. The second kappa shape index (κ2) is 3.98. The highest BCUT2D eigenvalue weighted by Gasteiger charge is 2.16. The van der Waals surface area contributed by atoms with E-state index in [1.807, 2.05) is 0 Å². The van der Waals surface area contributed by atoms with Gasteiger partial charge in [0.2, 0.25) is 0 Å². The van der Waals surface area contributed by atoms with E-state index in [0.29, 0.717) is 0 Å². The number of nitrogens with zero attached hydrogens (tertiary/aromatic N) is 2. The molecule has 1 heterocycles. The van der Waals surface area contributed by atoms with Crippen LogP contribution >= 0.6 is 0 Å². The lowest BCUT2D eigenvalue weighted by Gasteiger charge is -2.31. The molecule has 0 bridgehead atoms. The maximum atomic E-state index is 8.56. The SMILES string of the molecule is O[B]N1CCN([B]O)CC1. The third-order valence-corrected chi connectivity index (χ3v) is 1.68. The normalized spacial score (nSPS) is 22.6. The summed E-state index contributed by atoms with van der Waals surface area (Å²) >= 11 is 0. The van der Waals surface area contributed by atoms with Gasteiger partial charge in [-0.1, -0.05) is 0 Å². The summed E-state index contributed by atoms with van der Waals surface area (Å²) in [5, 5.41) is 17.1. The molecular weight excluding hydrogens is 130 g/mol. The smallest absolute Gasteiger partial charge is 0.396 e. The molecule has 1 saturated heterocycles. The fraction of sp³-hybridized carbons (Fsp3) is 1.00. The van der Waals surface area contributed by atoms with E-state index in [-0.39, 0.29) is 0 Å². The van der Waals surface area contributed by atoms with E-state index in [1.54, 1.807) is 9.62 Å². The van der Waals surface area contributed by atoms with Crippen molar-refractivity contribution in [1.29, 1.82) is 0 Å². The molecule has 1 aliphatic rings. The van der Waals surface area contributed by atoms with Crippen LogP contribution in [0.1, 0.15) is 0 Å². The monoisotopic (exact) mass is 140 g/mol.